The van der Waals surface area contributed by atoms with Gasteiger partial charge in [0, 0.05) is 12.2 Å². The van der Waals surface area contributed by atoms with Crippen molar-refractivity contribution in [3.63, 3.8) is 0 Å². The maximum atomic E-state index is 13.2. The molecule has 9 heteroatoms. The van der Waals surface area contributed by atoms with Gasteiger partial charge in [0.15, 0.2) is 0 Å². The molecule has 0 amide bonds. The number of carboxylic acid groups (broad SMARTS) is 1. The molecule has 0 heterocycles. The first-order valence-corrected chi connectivity index (χ1v) is 9.96. The van der Waals surface area contributed by atoms with Gasteiger partial charge in [-0.1, -0.05) is 6.92 Å². The van der Waals surface area contributed by atoms with Crippen LogP contribution in [0.2, 0.25) is 0 Å². The van der Waals surface area contributed by atoms with Crippen molar-refractivity contribution in [1.82, 2.24) is 0 Å². The van der Waals surface area contributed by atoms with E-state index in [9.17, 15) is 18.0 Å². The van der Waals surface area contributed by atoms with Gasteiger partial charge in [0.25, 0.3) is 0 Å². The van der Waals surface area contributed by atoms with Gasteiger partial charge >= 0.3 is 12.1 Å². The summed E-state index contributed by atoms with van der Waals surface area (Å²) in [4.78, 5) is 10.8. The first kappa shape index (κ1) is 22.5. The Bertz CT molecular complexity index is 834. The molecule has 0 atom stereocenters. The molecule has 0 fully saturated rings. The Kier molecular flexibility index (Phi) is 7.77. The van der Waals surface area contributed by atoms with Crippen LogP contribution in [-0.4, -0.2) is 17.6 Å². The average molecular weight is 525 g/mol. The van der Waals surface area contributed by atoms with E-state index >= 15 is 0 Å². The van der Waals surface area contributed by atoms with Crippen molar-refractivity contribution in [2.45, 2.75) is 32.5 Å². The summed E-state index contributed by atoms with van der Waals surface area (Å²) in [5.41, 5.74) is 0.554. The van der Waals surface area contributed by atoms with E-state index < -0.39 is 17.7 Å². The highest BCUT2D eigenvalue weighted by atomic mass is 79.9. The Hall–Kier alpha value is -1.74. The number of rotatable bonds is 8. The number of carboxylic acids is 1. The Morgan fingerprint density at radius 1 is 1.11 bits per heavy atom. The second-order valence-electron chi connectivity index (χ2n) is 6.09. The largest absolute Gasteiger partial charge is 0.487 e. The Morgan fingerprint density at radius 3 is 2.29 bits per heavy atom. The molecule has 28 heavy (non-hydrogen) atoms. The van der Waals surface area contributed by atoms with E-state index in [4.69, 9.17) is 9.84 Å². The summed E-state index contributed by atoms with van der Waals surface area (Å²) in [7, 11) is 0. The van der Waals surface area contributed by atoms with Crippen LogP contribution in [0.4, 0.5) is 18.9 Å². The molecular weight excluding hydrogens is 507 g/mol. The van der Waals surface area contributed by atoms with Gasteiger partial charge in [0.2, 0.25) is 0 Å². The summed E-state index contributed by atoms with van der Waals surface area (Å²) >= 11 is 6.63. The molecule has 0 spiro atoms. The van der Waals surface area contributed by atoms with Gasteiger partial charge in [-0.2, -0.15) is 13.2 Å². The molecule has 0 radical (unpaired) electrons. The van der Waals surface area contributed by atoms with Crippen LogP contribution in [0, 0.1) is 0 Å². The lowest BCUT2D eigenvalue weighted by molar-refractivity contribution is -0.138. The minimum atomic E-state index is -4.46. The van der Waals surface area contributed by atoms with Crippen molar-refractivity contribution in [3.05, 3.63) is 56.0 Å². The fraction of sp³-hybridized carbons (Fsp3) is 0.316. The van der Waals surface area contributed by atoms with Crippen LogP contribution in [0.25, 0.3) is 0 Å². The van der Waals surface area contributed by atoms with Gasteiger partial charge in [0.05, 0.1) is 20.9 Å². The van der Waals surface area contributed by atoms with Gasteiger partial charge in [-0.15, -0.1) is 0 Å². The molecule has 0 aliphatic carbocycles. The zero-order valence-electron chi connectivity index (χ0n) is 14.9. The fourth-order valence-electron chi connectivity index (χ4n) is 2.49. The van der Waals surface area contributed by atoms with Crippen molar-refractivity contribution in [3.8, 4) is 5.75 Å². The summed E-state index contributed by atoms with van der Waals surface area (Å²) in [6, 6.07) is 6.96. The van der Waals surface area contributed by atoms with Crippen LogP contribution in [0.15, 0.2) is 39.3 Å². The van der Waals surface area contributed by atoms with Gasteiger partial charge in [-0.25, -0.2) is 0 Å². The van der Waals surface area contributed by atoms with Gasteiger partial charge < -0.3 is 15.2 Å². The maximum absolute atomic E-state index is 13.2. The lowest BCUT2D eigenvalue weighted by Crippen LogP contribution is -2.09. The number of benzene rings is 2. The average Bonchev–Trinajstić information content (AvgIpc) is 2.57. The van der Waals surface area contributed by atoms with Crippen LogP contribution in [0.1, 0.15) is 30.0 Å². The first-order chi connectivity index (χ1) is 13.1. The van der Waals surface area contributed by atoms with Crippen molar-refractivity contribution in [2.24, 2.45) is 0 Å². The second kappa shape index (κ2) is 9.65. The first-order valence-electron chi connectivity index (χ1n) is 8.37. The molecule has 0 bridgehead atoms. The summed E-state index contributed by atoms with van der Waals surface area (Å²) in [6.07, 6.45) is -3.83. The zero-order chi connectivity index (χ0) is 20.9. The molecule has 0 saturated heterocycles. The molecule has 152 valence electrons. The number of carbonyl (C=O) groups is 1. The molecule has 2 aromatic carbocycles. The van der Waals surface area contributed by atoms with Crippen LogP contribution >= 0.6 is 31.9 Å². The van der Waals surface area contributed by atoms with E-state index in [1.54, 1.807) is 18.2 Å². The minimum absolute atomic E-state index is 0.0831. The highest BCUT2D eigenvalue weighted by Gasteiger charge is 2.31. The van der Waals surface area contributed by atoms with Gasteiger partial charge in [0.1, 0.15) is 12.4 Å². The number of alkyl halides is 3. The fourth-order valence-corrected chi connectivity index (χ4v) is 4.00. The lowest BCUT2D eigenvalue weighted by Gasteiger charge is -2.15. The summed E-state index contributed by atoms with van der Waals surface area (Å²) in [6.45, 7) is 2.40. The number of halogens is 5. The zero-order valence-corrected chi connectivity index (χ0v) is 18.0. The molecule has 0 aliphatic heterocycles. The van der Waals surface area contributed by atoms with Gasteiger partial charge in [-0.05, 0) is 79.7 Å². The third kappa shape index (κ3) is 6.41. The number of hydrogen-bond acceptors (Lipinski definition) is 3. The molecule has 2 N–H and O–H groups in total. The van der Waals surface area contributed by atoms with Crippen molar-refractivity contribution in [1.29, 1.82) is 0 Å². The van der Waals surface area contributed by atoms with E-state index in [1.165, 1.54) is 0 Å². The van der Waals surface area contributed by atoms with Crippen LogP contribution in [-0.2, 0) is 24.0 Å². The molecule has 0 saturated carbocycles. The Labute approximate surface area is 177 Å². The number of anilines is 1. The van der Waals surface area contributed by atoms with E-state index in [1.807, 2.05) is 6.92 Å². The summed E-state index contributed by atoms with van der Waals surface area (Å²) in [5.74, 6) is -0.585. The smallest absolute Gasteiger partial charge is 0.416 e. The molecular formula is C19H18Br2F3NO3. The molecule has 0 unspecified atom stereocenters. The van der Waals surface area contributed by atoms with E-state index in [-0.39, 0.29) is 13.0 Å². The summed E-state index contributed by atoms with van der Waals surface area (Å²) < 4.78 is 46.3. The molecule has 0 aliphatic rings. The Morgan fingerprint density at radius 2 is 1.75 bits per heavy atom. The number of ether oxygens (including phenoxy) is 1. The third-order valence-electron chi connectivity index (χ3n) is 3.70. The number of hydrogen-bond donors (Lipinski definition) is 2. The van der Waals surface area contributed by atoms with Crippen LogP contribution in [0.5, 0.6) is 5.75 Å². The van der Waals surface area contributed by atoms with Gasteiger partial charge in [-0.3, -0.25) is 4.79 Å². The van der Waals surface area contributed by atoms with Crippen LogP contribution < -0.4 is 10.1 Å². The predicted molar refractivity (Wildman–Crippen MR) is 108 cm³/mol. The Balaban J connectivity index is 2.24. The van der Waals surface area contributed by atoms with Crippen molar-refractivity contribution in [2.75, 3.05) is 11.9 Å². The lowest BCUT2D eigenvalue weighted by atomic mass is 10.1. The molecule has 2 aromatic rings. The molecule has 2 rings (SSSR count). The maximum Gasteiger partial charge on any atom is 0.416 e. The van der Waals surface area contributed by atoms with Crippen LogP contribution in [0.3, 0.4) is 0 Å². The molecule has 0 aromatic heterocycles. The quantitative estimate of drug-likeness (QED) is 0.428. The minimum Gasteiger partial charge on any atom is -0.487 e. The monoisotopic (exact) mass is 523 g/mol. The number of nitrogens with one attached hydrogen (secondary N) is 1. The van der Waals surface area contributed by atoms with Crippen molar-refractivity contribution < 1.29 is 27.8 Å². The normalized spacial score (nSPS) is 11.4. The van der Waals surface area contributed by atoms with E-state index in [2.05, 4.69) is 37.2 Å². The topological polar surface area (TPSA) is 58.6 Å². The summed E-state index contributed by atoms with van der Waals surface area (Å²) in [5, 5.41) is 11.9. The second-order valence-corrected chi connectivity index (χ2v) is 7.80. The third-order valence-corrected chi connectivity index (χ3v) is 4.87. The highest BCUT2D eigenvalue weighted by molar-refractivity contribution is 9.11. The van der Waals surface area contributed by atoms with Crippen molar-refractivity contribution >= 4 is 43.5 Å². The standard InChI is InChI=1S/C19H18Br2F3NO3/c1-2-3-25-14-5-12(4-13(9-14)19(22,23)24)10-28-18-15(20)6-11(7-16(18)21)8-17(26)27/h4-7,9,25H,2-3,8,10H2,1H3,(H,26,27). The SMILES string of the molecule is CCCNc1cc(COc2c(Br)cc(CC(=O)O)cc2Br)cc(C(F)(F)F)c1. The number of aliphatic carboxylic acids is 1. The van der Waals surface area contributed by atoms with E-state index in [0.29, 0.717) is 38.1 Å². The predicted octanol–water partition coefficient (Wildman–Crippen LogP) is 6.26. The molecule has 4 nitrogen and oxygen atoms in total. The highest BCUT2D eigenvalue weighted by Crippen LogP contribution is 2.36. The van der Waals surface area contributed by atoms with E-state index in [0.717, 1.165) is 18.6 Å².